The van der Waals surface area contributed by atoms with Crippen LogP contribution in [0.2, 0.25) is 0 Å². The smallest absolute Gasteiger partial charge is 0.260 e. The van der Waals surface area contributed by atoms with Crippen molar-refractivity contribution in [3.8, 4) is 5.75 Å². The normalized spacial score (nSPS) is 10.2. The first-order chi connectivity index (χ1) is 8.54. The molecule has 0 aliphatic heterocycles. The van der Waals surface area contributed by atoms with Crippen molar-refractivity contribution in [2.24, 2.45) is 5.73 Å². The van der Waals surface area contributed by atoms with E-state index in [0.717, 1.165) is 12.0 Å². The molecule has 1 aromatic carbocycles. The van der Waals surface area contributed by atoms with E-state index in [-0.39, 0.29) is 18.3 Å². The highest BCUT2D eigenvalue weighted by atomic mass is 19.1. The second-order valence-corrected chi connectivity index (χ2v) is 4.16. The van der Waals surface area contributed by atoms with E-state index in [2.05, 4.69) is 0 Å². The third-order valence-electron chi connectivity index (χ3n) is 2.62. The minimum atomic E-state index is -0.375. The summed E-state index contributed by atoms with van der Waals surface area (Å²) in [6, 6.07) is 4.26. The minimum absolute atomic E-state index is 0.0919. The molecule has 0 saturated heterocycles. The van der Waals surface area contributed by atoms with Crippen molar-refractivity contribution in [1.82, 2.24) is 4.90 Å². The third kappa shape index (κ3) is 4.33. The second kappa shape index (κ2) is 6.96. The molecule has 0 atom stereocenters. The summed E-state index contributed by atoms with van der Waals surface area (Å²) in [6.45, 7) is 2.85. The molecule has 0 bridgehead atoms. The molecule has 0 saturated carbocycles. The second-order valence-electron chi connectivity index (χ2n) is 4.16. The zero-order valence-electron chi connectivity index (χ0n) is 10.8. The van der Waals surface area contributed by atoms with Gasteiger partial charge in [0.05, 0.1) is 0 Å². The molecular weight excluding hydrogens is 235 g/mol. The molecule has 1 rings (SSSR count). The summed E-state index contributed by atoms with van der Waals surface area (Å²) in [4.78, 5) is 13.2. The fourth-order valence-corrected chi connectivity index (χ4v) is 1.43. The van der Waals surface area contributed by atoms with Crippen molar-refractivity contribution in [1.29, 1.82) is 0 Å². The molecule has 5 heteroatoms. The van der Waals surface area contributed by atoms with E-state index in [1.807, 2.05) is 0 Å². The molecule has 0 unspecified atom stereocenters. The lowest BCUT2D eigenvalue weighted by molar-refractivity contribution is -0.132. The van der Waals surface area contributed by atoms with Crippen LogP contribution in [-0.4, -0.2) is 37.6 Å². The summed E-state index contributed by atoms with van der Waals surface area (Å²) >= 11 is 0. The van der Waals surface area contributed by atoms with Gasteiger partial charge in [-0.2, -0.15) is 0 Å². The Labute approximate surface area is 107 Å². The maximum Gasteiger partial charge on any atom is 0.260 e. The molecular formula is C13H19FN2O2. The van der Waals surface area contributed by atoms with E-state index in [1.165, 1.54) is 12.1 Å². The van der Waals surface area contributed by atoms with E-state index >= 15 is 0 Å². The van der Waals surface area contributed by atoms with Crippen LogP contribution in [0.3, 0.4) is 0 Å². The highest BCUT2D eigenvalue weighted by molar-refractivity contribution is 5.77. The van der Waals surface area contributed by atoms with E-state index in [4.69, 9.17) is 10.5 Å². The van der Waals surface area contributed by atoms with Crippen LogP contribution in [0.25, 0.3) is 0 Å². The van der Waals surface area contributed by atoms with Gasteiger partial charge in [-0.15, -0.1) is 0 Å². The highest BCUT2D eigenvalue weighted by Crippen LogP contribution is 2.18. The molecule has 0 spiro atoms. The van der Waals surface area contributed by atoms with Gasteiger partial charge in [0, 0.05) is 19.7 Å². The lowest BCUT2D eigenvalue weighted by atomic mass is 10.2. The predicted octanol–water partition coefficient (Wildman–Crippen LogP) is 1.32. The number of hydrogen-bond acceptors (Lipinski definition) is 3. The molecule has 0 aliphatic rings. The predicted molar refractivity (Wildman–Crippen MR) is 67.9 cm³/mol. The van der Waals surface area contributed by atoms with E-state index in [9.17, 15) is 9.18 Å². The van der Waals surface area contributed by atoms with Gasteiger partial charge in [-0.05, 0) is 31.5 Å². The largest absolute Gasteiger partial charge is 0.483 e. The fourth-order valence-electron chi connectivity index (χ4n) is 1.43. The van der Waals surface area contributed by atoms with Gasteiger partial charge >= 0.3 is 0 Å². The van der Waals surface area contributed by atoms with Gasteiger partial charge in [-0.1, -0.05) is 6.07 Å². The molecule has 0 aliphatic carbocycles. The Balaban J connectivity index is 2.49. The Hall–Kier alpha value is -1.62. The lowest BCUT2D eigenvalue weighted by Crippen LogP contribution is -2.33. The van der Waals surface area contributed by atoms with Gasteiger partial charge in [0.2, 0.25) is 0 Å². The van der Waals surface area contributed by atoms with Crippen LogP contribution < -0.4 is 10.5 Å². The van der Waals surface area contributed by atoms with Crippen molar-refractivity contribution in [2.75, 3.05) is 26.7 Å². The maximum atomic E-state index is 13.0. The molecule has 2 N–H and O–H groups in total. The summed E-state index contributed by atoms with van der Waals surface area (Å²) in [5, 5.41) is 0. The number of ether oxygens (including phenoxy) is 1. The van der Waals surface area contributed by atoms with Crippen LogP contribution >= 0.6 is 0 Å². The number of benzene rings is 1. The van der Waals surface area contributed by atoms with Gasteiger partial charge in [0.1, 0.15) is 11.6 Å². The van der Waals surface area contributed by atoms with Gasteiger partial charge in [0.25, 0.3) is 5.91 Å². The lowest BCUT2D eigenvalue weighted by Gasteiger charge is -2.17. The van der Waals surface area contributed by atoms with Crippen molar-refractivity contribution < 1.29 is 13.9 Å². The Morgan fingerprint density at radius 1 is 1.50 bits per heavy atom. The van der Waals surface area contributed by atoms with Gasteiger partial charge in [-0.3, -0.25) is 4.79 Å². The van der Waals surface area contributed by atoms with E-state index in [0.29, 0.717) is 18.8 Å². The molecule has 4 nitrogen and oxygen atoms in total. The first-order valence-corrected chi connectivity index (χ1v) is 5.87. The summed E-state index contributed by atoms with van der Waals surface area (Å²) < 4.78 is 18.3. The number of carbonyl (C=O) groups excluding carboxylic acids is 1. The third-order valence-corrected chi connectivity index (χ3v) is 2.62. The summed E-state index contributed by atoms with van der Waals surface area (Å²) in [5.74, 6) is -0.123. The Morgan fingerprint density at radius 3 is 2.89 bits per heavy atom. The molecule has 0 heterocycles. The van der Waals surface area contributed by atoms with E-state index < -0.39 is 0 Å². The van der Waals surface area contributed by atoms with Crippen molar-refractivity contribution >= 4 is 5.91 Å². The fraction of sp³-hybridized carbons (Fsp3) is 0.462. The number of rotatable bonds is 6. The van der Waals surface area contributed by atoms with Crippen molar-refractivity contribution in [3.63, 3.8) is 0 Å². The number of hydrogen-bond donors (Lipinski definition) is 1. The topological polar surface area (TPSA) is 55.6 Å². The summed E-state index contributed by atoms with van der Waals surface area (Å²) in [7, 11) is 1.69. The molecule has 0 fully saturated rings. The average Bonchev–Trinajstić information content (AvgIpc) is 2.36. The van der Waals surface area contributed by atoms with Gasteiger partial charge in [-0.25, -0.2) is 4.39 Å². The average molecular weight is 254 g/mol. The van der Waals surface area contributed by atoms with Crippen LogP contribution in [0.1, 0.15) is 12.0 Å². The van der Waals surface area contributed by atoms with Crippen LogP contribution in [-0.2, 0) is 4.79 Å². The van der Waals surface area contributed by atoms with Crippen molar-refractivity contribution in [2.45, 2.75) is 13.3 Å². The summed E-state index contributed by atoms with van der Waals surface area (Å²) in [6.07, 6.45) is 0.751. The van der Waals surface area contributed by atoms with Crippen LogP contribution in [0.5, 0.6) is 5.75 Å². The number of amides is 1. The number of nitrogens with two attached hydrogens (primary N) is 1. The monoisotopic (exact) mass is 254 g/mol. The zero-order chi connectivity index (χ0) is 13.5. The summed E-state index contributed by atoms with van der Waals surface area (Å²) in [5.41, 5.74) is 6.17. The number of aryl methyl sites for hydroxylation is 1. The Morgan fingerprint density at radius 2 is 2.22 bits per heavy atom. The number of halogens is 1. The number of carbonyl (C=O) groups is 1. The zero-order valence-corrected chi connectivity index (χ0v) is 10.8. The molecule has 1 aromatic rings. The van der Waals surface area contributed by atoms with Gasteiger partial charge in [0.15, 0.2) is 6.61 Å². The van der Waals surface area contributed by atoms with Crippen LogP contribution in [0, 0.1) is 12.7 Å². The highest BCUT2D eigenvalue weighted by Gasteiger charge is 2.10. The van der Waals surface area contributed by atoms with Crippen molar-refractivity contribution in [3.05, 3.63) is 29.6 Å². The van der Waals surface area contributed by atoms with Crippen LogP contribution in [0.4, 0.5) is 4.39 Å². The first-order valence-electron chi connectivity index (χ1n) is 5.87. The minimum Gasteiger partial charge on any atom is -0.483 e. The molecule has 100 valence electrons. The molecule has 0 radical (unpaired) electrons. The quantitative estimate of drug-likeness (QED) is 0.833. The maximum absolute atomic E-state index is 13.0. The van der Waals surface area contributed by atoms with Gasteiger partial charge < -0.3 is 15.4 Å². The number of nitrogens with zero attached hydrogens (tertiary/aromatic N) is 1. The molecule has 18 heavy (non-hydrogen) atoms. The molecule has 0 aromatic heterocycles. The standard InChI is InChI=1S/C13H19FN2O2/c1-10-4-5-11(14)8-12(10)18-9-13(17)16(2)7-3-6-15/h4-5,8H,3,6-7,9,15H2,1-2H3. The Kier molecular flexibility index (Phi) is 5.58. The van der Waals surface area contributed by atoms with Crippen LogP contribution in [0.15, 0.2) is 18.2 Å². The first kappa shape index (κ1) is 14.4. The molecule has 1 amide bonds. The van der Waals surface area contributed by atoms with E-state index in [1.54, 1.807) is 24.9 Å². The number of likely N-dealkylation sites (N-methyl/N-ethyl adjacent to an activating group) is 1. The Bertz CT molecular complexity index is 410. The SMILES string of the molecule is Cc1ccc(F)cc1OCC(=O)N(C)CCCN.